The number of ketones is 1. The van der Waals surface area contributed by atoms with E-state index in [9.17, 15) is 9.59 Å². The minimum Gasteiger partial charge on any atom is -0.493 e. The van der Waals surface area contributed by atoms with Crippen molar-refractivity contribution in [3.05, 3.63) is 22.2 Å². The average molecular weight is 271 g/mol. The third-order valence-electron chi connectivity index (χ3n) is 2.74. The van der Waals surface area contributed by atoms with E-state index in [1.54, 1.807) is 0 Å². The van der Waals surface area contributed by atoms with Crippen LogP contribution in [0.1, 0.15) is 22.8 Å². The second-order valence-corrected chi connectivity index (χ2v) is 4.39. The summed E-state index contributed by atoms with van der Waals surface area (Å²) in [5.74, 6) is -1.80. The van der Waals surface area contributed by atoms with Crippen LogP contribution in [0.15, 0.2) is 6.07 Å². The van der Waals surface area contributed by atoms with Crippen molar-refractivity contribution in [1.82, 2.24) is 0 Å². The molecule has 1 heterocycles. The fourth-order valence-corrected chi connectivity index (χ4v) is 2.25. The van der Waals surface area contributed by atoms with E-state index in [-0.39, 0.29) is 16.7 Å². The number of halogens is 1. The van der Waals surface area contributed by atoms with Gasteiger partial charge in [-0.25, -0.2) is 4.79 Å². The number of carbonyl (C=O) groups is 2. The maximum atomic E-state index is 11.5. The molecule has 0 amide bonds. The highest BCUT2D eigenvalue weighted by Crippen LogP contribution is 2.43. The molecule has 1 aromatic rings. The smallest absolute Gasteiger partial charge is 0.377 e. The van der Waals surface area contributed by atoms with E-state index < -0.39 is 11.8 Å². The molecule has 1 atom stereocenters. The van der Waals surface area contributed by atoms with Gasteiger partial charge in [0.15, 0.2) is 11.5 Å². The van der Waals surface area contributed by atoms with E-state index in [2.05, 4.69) is 0 Å². The first-order valence-corrected chi connectivity index (χ1v) is 5.67. The molecule has 0 bridgehead atoms. The third kappa shape index (κ3) is 1.90. The summed E-state index contributed by atoms with van der Waals surface area (Å²) in [7, 11) is 1.42. The van der Waals surface area contributed by atoms with Crippen molar-refractivity contribution in [3.63, 3.8) is 0 Å². The topological polar surface area (TPSA) is 72.8 Å². The Hall–Kier alpha value is -1.75. The van der Waals surface area contributed by atoms with Crippen molar-refractivity contribution in [2.45, 2.75) is 19.4 Å². The minimum absolute atomic E-state index is 0.0718. The summed E-state index contributed by atoms with van der Waals surface area (Å²) in [6, 6.07) is 1.30. The molecule has 6 heteroatoms. The quantitative estimate of drug-likeness (QED) is 0.671. The summed E-state index contributed by atoms with van der Waals surface area (Å²) in [5.41, 5.74) is 0.547. The zero-order chi connectivity index (χ0) is 13.4. The molecule has 0 spiro atoms. The molecule has 5 nitrogen and oxygen atoms in total. The van der Waals surface area contributed by atoms with E-state index in [0.29, 0.717) is 23.5 Å². The normalized spacial score (nSPS) is 16.9. The summed E-state index contributed by atoms with van der Waals surface area (Å²) in [6.07, 6.45) is 0.437. The lowest BCUT2D eigenvalue weighted by molar-refractivity contribution is -0.131. The molecule has 0 radical (unpaired) electrons. The summed E-state index contributed by atoms with van der Waals surface area (Å²) < 4.78 is 10.6. The number of fused-ring (bicyclic) bond motifs is 1. The lowest BCUT2D eigenvalue weighted by Crippen LogP contribution is -2.14. The zero-order valence-corrected chi connectivity index (χ0v) is 10.6. The monoisotopic (exact) mass is 270 g/mol. The lowest BCUT2D eigenvalue weighted by atomic mass is 10.0. The van der Waals surface area contributed by atoms with Gasteiger partial charge >= 0.3 is 5.97 Å². The molecule has 2 rings (SSSR count). The summed E-state index contributed by atoms with van der Waals surface area (Å²) in [6.45, 7) is 1.86. The van der Waals surface area contributed by atoms with Gasteiger partial charge in [0.2, 0.25) is 0 Å². The Morgan fingerprint density at radius 1 is 1.56 bits per heavy atom. The number of hydrogen-bond acceptors (Lipinski definition) is 4. The van der Waals surface area contributed by atoms with E-state index in [4.69, 9.17) is 26.2 Å². The largest absolute Gasteiger partial charge is 0.493 e. The summed E-state index contributed by atoms with van der Waals surface area (Å²) in [4.78, 5) is 22.3. The van der Waals surface area contributed by atoms with Crippen LogP contribution in [0.4, 0.5) is 0 Å². The number of carboxylic acid groups (broad SMARTS) is 1. The van der Waals surface area contributed by atoms with Crippen molar-refractivity contribution in [2.24, 2.45) is 0 Å². The zero-order valence-electron chi connectivity index (χ0n) is 9.82. The summed E-state index contributed by atoms with van der Waals surface area (Å²) >= 11 is 6.07. The Labute approximate surface area is 108 Å². The van der Waals surface area contributed by atoms with E-state index in [0.717, 1.165) is 0 Å². The predicted molar refractivity (Wildman–Crippen MR) is 63.8 cm³/mol. The molecule has 1 aliphatic rings. The van der Waals surface area contributed by atoms with Crippen LogP contribution < -0.4 is 9.47 Å². The van der Waals surface area contributed by atoms with Crippen LogP contribution in [-0.2, 0) is 11.2 Å². The Kier molecular flexibility index (Phi) is 3.17. The van der Waals surface area contributed by atoms with Gasteiger partial charge in [-0.3, -0.25) is 4.79 Å². The molecule has 0 saturated carbocycles. The molecule has 1 aromatic carbocycles. The van der Waals surface area contributed by atoms with Gasteiger partial charge < -0.3 is 14.6 Å². The first-order valence-electron chi connectivity index (χ1n) is 5.29. The van der Waals surface area contributed by atoms with Gasteiger partial charge in [-0.05, 0) is 13.0 Å². The van der Waals surface area contributed by atoms with E-state index in [1.807, 2.05) is 6.92 Å². The van der Waals surface area contributed by atoms with Crippen molar-refractivity contribution in [3.8, 4) is 11.5 Å². The van der Waals surface area contributed by atoms with Gasteiger partial charge in [0, 0.05) is 12.0 Å². The number of ether oxygens (including phenoxy) is 2. The number of rotatable bonds is 3. The highest BCUT2D eigenvalue weighted by molar-refractivity contribution is 6.45. The number of benzene rings is 1. The number of aliphatic carboxylic acids is 1. The van der Waals surface area contributed by atoms with Crippen molar-refractivity contribution < 1.29 is 24.2 Å². The van der Waals surface area contributed by atoms with Gasteiger partial charge in [-0.15, -0.1) is 0 Å². The Balaban J connectivity index is 2.62. The number of hydrogen-bond donors (Lipinski definition) is 1. The fraction of sp³-hybridized carbons (Fsp3) is 0.333. The number of methoxy groups -OCH3 is 1. The summed E-state index contributed by atoms with van der Waals surface area (Å²) in [5, 5.41) is 8.87. The standard InChI is InChI=1S/C12H11ClO5/c1-5-3-7-9(13)6(10(14)12(15)16)4-8(17-2)11(7)18-5/h4-5H,3H2,1-2H3,(H,15,16). The molecule has 0 aromatic heterocycles. The van der Waals surface area contributed by atoms with Crippen LogP contribution in [0.2, 0.25) is 5.02 Å². The molecule has 1 unspecified atom stereocenters. The highest BCUT2D eigenvalue weighted by atomic mass is 35.5. The second-order valence-electron chi connectivity index (χ2n) is 4.01. The molecule has 0 saturated heterocycles. The van der Waals surface area contributed by atoms with Crippen LogP contribution >= 0.6 is 11.6 Å². The number of carbonyl (C=O) groups excluding carboxylic acids is 1. The molecule has 18 heavy (non-hydrogen) atoms. The minimum atomic E-state index is -1.55. The van der Waals surface area contributed by atoms with Crippen molar-refractivity contribution in [1.29, 1.82) is 0 Å². The van der Waals surface area contributed by atoms with Crippen LogP contribution in [-0.4, -0.2) is 30.1 Å². The van der Waals surface area contributed by atoms with Crippen molar-refractivity contribution in [2.75, 3.05) is 7.11 Å². The lowest BCUT2D eigenvalue weighted by Gasteiger charge is -2.11. The van der Waals surface area contributed by atoms with Gasteiger partial charge in [0.25, 0.3) is 5.78 Å². The molecule has 96 valence electrons. The first-order chi connectivity index (χ1) is 8.45. The molecular weight excluding hydrogens is 260 g/mol. The predicted octanol–water partition coefficient (Wildman–Crippen LogP) is 1.94. The number of carboxylic acids is 1. The van der Waals surface area contributed by atoms with E-state index >= 15 is 0 Å². The van der Waals surface area contributed by atoms with Gasteiger partial charge in [-0.1, -0.05) is 11.6 Å². The fourth-order valence-electron chi connectivity index (χ4n) is 1.94. The Bertz CT molecular complexity index is 538. The van der Waals surface area contributed by atoms with Crippen LogP contribution in [0.5, 0.6) is 11.5 Å². The van der Waals surface area contributed by atoms with E-state index in [1.165, 1.54) is 13.2 Å². The second kappa shape index (κ2) is 4.49. The average Bonchev–Trinajstić information content (AvgIpc) is 2.71. The first kappa shape index (κ1) is 12.7. The molecular formula is C12H11ClO5. The Morgan fingerprint density at radius 3 is 2.78 bits per heavy atom. The molecule has 1 N–H and O–H groups in total. The SMILES string of the molecule is COc1cc(C(=O)C(=O)O)c(Cl)c2c1OC(C)C2. The van der Waals surface area contributed by atoms with Gasteiger partial charge in [-0.2, -0.15) is 0 Å². The maximum Gasteiger partial charge on any atom is 0.377 e. The molecule has 0 aliphatic carbocycles. The third-order valence-corrected chi connectivity index (χ3v) is 3.18. The van der Waals surface area contributed by atoms with Gasteiger partial charge in [0.05, 0.1) is 17.7 Å². The molecule has 1 aliphatic heterocycles. The van der Waals surface area contributed by atoms with Gasteiger partial charge in [0.1, 0.15) is 6.10 Å². The molecule has 0 fully saturated rings. The van der Waals surface area contributed by atoms with Crippen LogP contribution in [0.3, 0.4) is 0 Å². The van der Waals surface area contributed by atoms with Crippen LogP contribution in [0.25, 0.3) is 0 Å². The Morgan fingerprint density at radius 2 is 2.22 bits per heavy atom. The maximum absolute atomic E-state index is 11.5. The highest BCUT2D eigenvalue weighted by Gasteiger charge is 2.31. The van der Waals surface area contributed by atoms with Crippen LogP contribution in [0, 0.1) is 0 Å². The van der Waals surface area contributed by atoms with Crippen molar-refractivity contribution >= 4 is 23.4 Å². The number of Topliss-reactive ketones (excluding diaryl/α,β-unsaturated/α-hetero) is 1.